The Labute approximate surface area is 118 Å². The van der Waals surface area contributed by atoms with Gasteiger partial charge in [0.2, 0.25) is 0 Å². The van der Waals surface area contributed by atoms with Crippen LogP contribution in [-0.4, -0.2) is 21.9 Å². The molecule has 0 aliphatic heterocycles. The summed E-state index contributed by atoms with van der Waals surface area (Å²) in [5.41, 5.74) is 5.80. The van der Waals surface area contributed by atoms with E-state index in [-0.39, 0.29) is 6.04 Å². The molecule has 2 heterocycles. The SMILES string of the molecule is CCc1cccnc1C(NN)c1c(OC)cnn1CC. The van der Waals surface area contributed by atoms with Crippen molar-refractivity contribution in [2.75, 3.05) is 7.11 Å². The molecule has 1 atom stereocenters. The normalized spacial score (nSPS) is 12.4. The molecule has 2 aromatic heterocycles. The van der Waals surface area contributed by atoms with Crippen molar-refractivity contribution in [3.63, 3.8) is 0 Å². The van der Waals surface area contributed by atoms with Crippen molar-refractivity contribution in [3.8, 4) is 5.75 Å². The molecule has 0 spiro atoms. The molecule has 2 rings (SSSR count). The van der Waals surface area contributed by atoms with Crippen LogP contribution in [0.5, 0.6) is 5.75 Å². The van der Waals surface area contributed by atoms with E-state index >= 15 is 0 Å². The van der Waals surface area contributed by atoms with Crippen LogP contribution >= 0.6 is 0 Å². The Morgan fingerprint density at radius 3 is 2.85 bits per heavy atom. The number of methoxy groups -OCH3 is 1. The van der Waals surface area contributed by atoms with Crippen molar-refractivity contribution in [1.29, 1.82) is 0 Å². The highest BCUT2D eigenvalue weighted by molar-refractivity contribution is 5.36. The van der Waals surface area contributed by atoms with Crippen LogP contribution in [0.2, 0.25) is 0 Å². The monoisotopic (exact) mass is 275 g/mol. The number of aromatic nitrogens is 3. The number of aryl methyl sites for hydroxylation is 2. The van der Waals surface area contributed by atoms with Crippen LogP contribution in [0.25, 0.3) is 0 Å². The van der Waals surface area contributed by atoms with Crippen LogP contribution in [-0.2, 0) is 13.0 Å². The molecule has 3 N–H and O–H groups in total. The number of rotatable bonds is 6. The minimum absolute atomic E-state index is 0.247. The van der Waals surface area contributed by atoms with E-state index in [1.807, 2.05) is 17.7 Å². The van der Waals surface area contributed by atoms with Crippen molar-refractivity contribution < 1.29 is 4.74 Å². The molecule has 0 aliphatic rings. The number of hydrazine groups is 1. The van der Waals surface area contributed by atoms with Gasteiger partial charge in [-0.3, -0.25) is 15.5 Å². The quantitative estimate of drug-likeness (QED) is 0.616. The Kier molecular flexibility index (Phi) is 4.70. The van der Waals surface area contributed by atoms with Gasteiger partial charge in [0.1, 0.15) is 11.7 Å². The second-order valence-electron chi connectivity index (χ2n) is 4.41. The van der Waals surface area contributed by atoms with Crippen LogP contribution in [0.3, 0.4) is 0 Å². The summed E-state index contributed by atoms with van der Waals surface area (Å²) in [4.78, 5) is 4.49. The van der Waals surface area contributed by atoms with Crippen molar-refractivity contribution in [2.45, 2.75) is 32.9 Å². The summed E-state index contributed by atoms with van der Waals surface area (Å²) in [6.45, 7) is 4.87. The van der Waals surface area contributed by atoms with E-state index < -0.39 is 0 Å². The van der Waals surface area contributed by atoms with Crippen LogP contribution < -0.4 is 16.0 Å². The lowest BCUT2D eigenvalue weighted by Crippen LogP contribution is -2.32. The maximum absolute atomic E-state index is 5.78. The van der Waals surface area contributed by atoms with Gasteiger partial charge in [0.25, 0.3) is 0 Å². The second kappa shape index (κ2) is 6.49. The van der Waals surface area contributed by atoms with Gasteiger partial charge < -0.3 is 4.74 Å². The summed E-state index contributed by atoms with van der Waals surface area (Å²) in [6.07, 6.45) is 4.37. The fourth-order valence-corrected chi connectivity index (χ4v) is 2.38. The zero-order chi connectivity index (χ0) is 14.5. The molecule has 0 amide bonds. The predicted octanol–water partition coefficient (Wildman–Crippen LogP) is 1.42. The maximum atomic E-state index is 5.78. The first-order valence-corrected chi connectivity index (χ1v) is 6.76. The summed E-state index contributed by atoms with van der Waals surface area (Å²) in [5.74, 6) is 6.49. The van der Waals surface area contributed by atoms with E-state index in [1.54, 1.807) is 19.5 Å². The fraction of sp³-hybridized carbons (Fsp3) is 0.429. The number of nitrogens with two attached hydrogens (primary N) is 1. The fourth-order valence-electron chi connectivity index (χ4n) is 2.38. The minimum atomic E-state index is -0.247. The zero-order valence-corrected chi connectivity index (χ0v) is 12.1. The molecule has 0 radical (unpaired) electrons. The Morgan fingerprint density at radius 1 is 1.45 bits per heavy atom. The molecule has 0 saturated carbocycles. The minimum Gasteiger partial charge on any atom is -0.493 e. The van der Waals surface area contributed by atoms with Crippen LogP contribution in [0, 0.1) is 0 Å². The lowest BCUT2D eigenvalue weighted by atomic mass is 10.0. The average molecular weight is 275 g/mol. The Morgan fingerprint density at radius 2 is 2.25 bits per heavy atom. The average Bonchev–Trinajstić information content (AvgIpc) is 2.91. The number of nitrogens with zero attached hydrogens (tertiary/aromatic N) is 3. The third-order valence-electron chi connectivity index (χ3n) is 3.38. The third-order valence-corrected chi connectivity index (χ3v) is 3.38. The highest BCUT2D eigenvalue weighted by Gasteiger charge is 2.25. The Balaban J connectivity index is 2.55. The van der Waals surface area contributed by atoms with Gasteiger partial charge in [-0.25, -0.2) is 5.43 Å². The number of nitrogens with one attached hydrogen (secondary N) is 1. The molecule has 0 bridgehead atoms. The molecule has 6 heteroatoms. The first-order chi connectivity index (χ1) is 9.76. The van der Waals surface area contributed by atoms with Gasteiger partial charge in [0.05, 0.1) is 19.0 Å². The zero-order valence-electron chi connectivity index (χ0n) is 12.1. The van der Waals surface area contributed by atoms with Crippen molar-refractivity contribution in [1.82, 2.24) is 20.2 Å². The highest BCUT2D eigenvalue weighted by Crippen LogP contribution is 2.30. The predicted molar refractivity (Wildman–Crippen MR) is 77.2 cm³/mol. The van der Waals surface area contributed by atoms with Crippen LogP contribution in [0.4, 0.5) is 0 Å². The standard InChI is InChI=1S/C14H21N5O/c1-4-10-7-6-8-16-12(10)13(18-15)14-11(20-3)9-17-19(14)5-2/h6-9,13,18H,4-5,15H2,1-3H3. The Bertz CT molecular complexity index is 545. The lowest BCUT2D eigenvalue weighted by molar-refractivity contribution is 0.398. The van der Waals surface area contributed by atoms with E-state index in [0.29, 0.717) is 5.75 Å². The molecule has 6 nitrogen and oxygen atoms in total. The molecule has 0 aliphatic carbocycles. The molecular weight excluding hydrogens is 254 g/mol. The smallest absolute Gasteiger partial charge is 0.162 e. The molecule has 2 aromatic rings. The Hall–Kier alpha value is -1.92. The van der Waals surface area contributed by atoms with Gasteiger partial charge in [0, 0.05) is 12.7 Å². The van der Waals surface area contributed by atoms with Gasteiger partial charge in [-0.15, -0.1) is 0 Å². The van der Waals surface area contributed by atoms with Gasteiger partial charge in [-0.1, -0.05) is 13.0 Å². The van der Waals surface area contributed by atoms with Crippen LogP contribution in [0.1, 0.15) is 36.8 Å². The number of ether oxygens (including phenoxy) is 1. The topological polar surface area (TPSA) is 78.0 Å². The van der Waals surface area contributed by atoms with E-state index in [1.165, 1.54) is 0 Å². The summed E-state index contributed by atoms with van der Waals surface area (Å²) >= 11 is 0. The van der Waals surface area contributed by atoms with Crippen LogP contribution in [0.15, 0.2) is 24.5 Å². The van der Waals surface area contributed by atoms with Gasteiger partial charge in [-0.2, -0.15) is 5.10 Å². The summed E-state index contributed by atoms with van der Waals surface area (Å²) in [7, 11) is 1.63. The molecule has 0 aromatic carbocycles. The summed E-state index contributed by atoms with van der Waals surface area (Å²) < 4.78 is 7.27. The van der Waals surface area contributed by atoms with Gasteiger partial charge >= 0.3 is 0 Å². The summed E-state index contributed by atoms with van der Waals surface area (Å²) in [6, 6.07) is 3.75. The molecule has 108 valence electrons. The maximum Gasteiger partial charge on any atom is 0.162 e. The summed E-state index contributed by atoms with van der Waals surface area (Å²) in [5, 5.41) is 4.32. The molecule has 0 saturated heterocycles. The van der Waals surface area contributed by atoms with Gasteiger partial charge in [0.15, 0.2) is 5.75 Å². The number of hydrogen-bond donors (Lipinski definition) is 2. The molecule has 1 unspecified atom stereocenters. The molecule has 20 heavy (non-hydrogen) atoms. The molecular formula is C14H21N5O. The lowest BCUT2D eigenvalue weighted by Gasteiger charge is -2.20. The van der Waals surface area contributed by atoms with E-state index in [4.69, 9.17) is 10.6 Å². The van der Waals surface area contributed by atoms with Gasteiger partial charge in [-0.05, 0) is 25.0 Å². The highest BCUT2D eigenvalue weighted by atomic mass is 16.5. The van der Waals surface area contributed by atoms with Crippen molar-refractivity contribution >= 4 is 0 Å². The molecule has 0 fully saturated rings. The third kappa shape index (κ3) is 2.52. The van der Waals surface area contributed by atoms with E-state index in [0.717, 1.165) is 29.9 Å². The van der Waals surface area contributed by atoms with E-state index in [9.17, 15) is 0 Å². The van der Waals surface area contributed by atoms with E-state index in [2.05, 4.69) is 28.5 Å². The number of pyridine rings is 1. The first-order valence-electron chi connectivity index (χ1n) is 6.76. The largest absolute Gasteiger partial charge is 0.493 e. The second-order valence-corrected chi connectivity index (χ2v) is 4.41. The van der Waals surface area contributed by atoms with Crippen molar-refractivity contribution in [2.24, 2.45) is 5.84 Å². The number of hydrogen-bond acceptors (Lipinski definition) is 5. The van der Waals surface area contributed by atoms with Crippen molar-refractivity contribution in [3.05, 3.63) is 41.5 Å². The first kappa shape index (κ1) is 14.5.